The van der Waals surface area contributed by atoms with Crippen molar-refractivity contribution in [3.8, 4) is 11.4 Å². The van der Waals surface area contributed by atoms with E-state index in [9.17, 15) is 8.78 Å². The van der Waals surface area contributed by atoms with Gasteiger partial charge in [0.15, 0.2) is 5.82 Å². The number of fused-ring (bicyclic) bond motifs is 2. The minimum atomic E-state index is -2.73. The van der Waals surface area contributed by atoms with Crippen LogP contribution in [0.3, 0.4) is 0 Å². The van der Waals surface area contributed by atoms with Gasteiger partial charge >= 0.3 is 0 Å². The second kappa shape index (κ2) is 8.46. The molecule has 2 aromatic heterocycles. The van der Waals surface area contributed by atoms with E-state index < -0.39 is 6.43 Å². The number of hydrogen-bond acceptors (Lipinski definition) is 9. The number of pyridine rings is 1. The van der Waals surface area contributed by atoms with E-state index in [0.717, 1.165) is 19.3 Å². The Morgan fingerprint density at radius 3 is 2.42 bits per heavy atom. The molecule has 0 spiro atoms. The third-order valence-corrected chi connectivity index (χ3v) is 6.05. The third kappa shape index (κ3) is 3.99. The van der Waals surface area contributed by atoms with Crippen LogP contribution in [-0.2, 0) is 9.47 Å². The fraction of sp³-hybridized carbons (Fsp3) is 0.600. The number of nitrogen functional groups attached to an aromatic ring is 1. The van der Waals surface area contributed by atoms with E-state index >= 15 is 0 Å². The molecule has 2 aromatic rings. The number of rotatable bonds is 4. The quantitative estimate of drug-likeness (QED) is 0.776. The highest BCUT2D eigenvalue weighted by Crippen LogP contribution is 2.35. The molecule has 5 rings (SSSR count). The summed E-state index contributed by atoms with van der Waals surface area (Å²) in [6.45, 7) is 3.59. The van der Waals surface area contributed by atoms with Crippen LogP contribution < -0.4 is 15.5 Å². The lowest BCUT2D eigenvalue weighted by Crippen LogP contribution is -2.56. The summed E-state index contributed by atoms with van der Waals surface area (Å²) in [7, 11) is 0. The first-order valence-electron chi connectivity index (χ1n) is 10.6. The van der Waals surface area contributed by atoms with Gasteiger partial charge in [-0.2, -0.15) is 15.0 Å². The van der Waals surface area contributed by atoms with Crippen molar-refractivity contribution in [3.05, 3.63) is 17.8 Å². The minimum absolute atomic E-state index is 0.0319. The van der Waals surface area contributed by atoms with Gasteiger partial charge in [0.25, 0.3) is 6.43 Å². The SMILES string of the molecule is Nc1cc(C(F)F)c(-c2nc(N3CCOCC3)nc(N3C4CCCC3COC4)n2)cn1. The molecule has 0 amide bonds. The largest absolute Gasteiger partial charge is 0.384 e. The van der Waals surface area contributed by atoms with Crippen molar-refractivity contribution >= 4 is 17.7 Å². The molecule has 0 radical (unpaired) electrons. The van der Waals surface area contributed by atoms with Crippen LogP contribution in [0.1, 0.15) is 31.3 Å². The number of anilines is 3. The normalized spacial score (nSPS) is 24.0. The van der Waals surface area contributed by atoms with Gasteiger partial charge in [-0.15, -0.1) is 0 Å². The van der Waals surface area contributed by atoms with Crippen molar-refractivity contribution in [1.82, 2.24) is 19.9 Å². The number of piperidine rings is 1. The van der Waals surface area contributed by atoms with Crippen LogP contribution in [0, 0.1) is 0 Å². The Bertz CT molecular complexity index is 920. The lowest BCUT2D eigenvalue weighted by Gasteiger charge is -2.45. The Labute approximate surface area is 178 Å². The maximum atomic E-state index is 13.8. The molecule has 3 aliphatic rings. The summed E-state index contributed by atoms with van der Waals surface area (Å²) in [5.74, 6) is 1.18. The molecule has 3 aliphatic heterocycles. The van der Waals surface area contributed by atoms with Gasteiger partial charge in [-0.3, -0.25) is 0 Å². The summed E-state index contributed by atoms with van der Waals surface area (Å²) in [4.78, 5) is 22.2. The van der Waals surface area contributed by atoms with Crippen LogP contribution in [0.15, 0.2) is 12.3 Å². The van der Waals surface area contributed by atoms with Gasteiger partial charge in [0.1, 0.15) is 5.82 Å². The zero-order chi connectivity index (χ0) is 21.4. The third-order valence-electron chi connectivity index (χ3n) is 6.05. The van der Waals surface area contributed by atoms with E-state index in [0.29, 0.717) is 51.4 Å². The zero-order valence-corrected chi connectivity index (χ0v) is 17.1. The zero-order valence-electron chi connectivity index (χ0n) is 17.1. The Morgan fingerprint density at radius 1 is 1.00 bits per heavy atom. The van der Waals surface area contributed by atoms with Crippen LogP contribution >= 0.6 is 0 Å². The monoisotopic (exact) mass is 433 g/mol. The highest BCUT2D eigenvalue weighted by molar-refractivity contribution is 5.64. The molecule has 2 bridgehead atoms. The predicted molar refractivity (Wildman–Crippen MR) is 110 cm³/mol. The van der Waals surface area contributed by atoms with Gasteiger partial charge in [0.05, 0.1) is 38.5 Å². The van der Waals surface area contributed by atoms with Crippen molar-refractivity contribution in [2.75, 3.05) is 55.1 Å². The van der Waals surface area contributed by atoms with Crippen molar-refractivity contribution in [2.24, 2.45) is 0 Å². The van der Waals surface area contributed by atoms with Crippen molar-refractivity contribution < 1.29 is 18.3 Å². The number of halogens is 2. The van der Waals surface area contributed by atoms with E-state index in [2.05, 4.69) is 19.9 Å². The van der Waals surface area contributed by atoms with Gasteiger partial charge in [0.2, 0.25) is 11.9 Å². The second-order valence-corrected chi connectivity index (χ2v) is 8.04. The highest BCUT2D eigenvalue weighted by Gasteiger charge is 2.37. The molecule has 0 saturated carbocycles. The second-order valence-electron chi connectivity index (χ2n) is 8.04. The molecule has 9 nitrogen and oxygen atoms in total. The number of nitrogens with zero attached hydrogens (tertiary/aromatic N) is 6. The van der Waals surface area contributed by atoms with E-state index in [1.165, 1.54) is 12.3 Å². The van der Waals surface area contributed by atoms with E-state index in [1.54, 1.807) is 0 Å². The lowest BCUT2D eigenvalue weighted by molar-refractivity contribution is 0.0452. The Balaban J connectivity index is 1.62. The van der Waals surface area contributed by atoms with Crippen LogP contribution in [0.25, 0.3) is 11.4 Å². The van der Waals surface area contributed by atoms with Crippen LogP contribution in [0.5, 0.6) is 0 Å². The fourth-order valence-electron chi connectivity index (χ4n) is 4.51. The summed E-state index contributed by atoms with van der Waals surface area (Å²) in [5.41, 5.74) is 5.59. The summed E-state index contributed by atoms with van der Waals surface area (Å²) in [5, 5.41) is 0. The number of hydrogen-bond donors (Lipinski definition) is 1. The highest BCUT2D eigenvalue weighted by atomic mass is 19.3. The fourth-order valence-corrected chi connectivity index (χ4v) is 4.51. The maximum Gasteiger partial charge on any atom is 0.264 e. The topological polar surface area (TPSA) is 103 Å². The first-order chi connectivity index (χ1) is 15.1. The Kier molecular flexibility index (Phi) is 5.53. The number of nitrogens with two attached hydrogens (primary N) is 1. The first-order valence-corrected chi connectivity index (χ1v) is 10.6. The van der Waals surface area contributed by atoms with Crippen molar-refractivity contribution in [3.63, 3.8) is 0 Å². The molecule has 3 saturated heterocycles. The standard InChI is InChI=1S/C20H25F2N7O2/c21-17(22)14-8-16(23)24-9-15(14)18-25-19(28-4-6-30-7-5-28)27-20(26-18)29-12-2-1-3-13(29)11-31-10-12/h8-9,12-13,17H,1-7,10-11H2,(H2,23,24). The summed E-state index contributed by atoms with van der Waals surface area (Å²) in [6, 6.07) is 1.51. The van der Waals surface area contributed by atoms with E-state index in [-0.39, 0.29) is 34.9 Å². The van der Waals surface area contributed by atoms with Crippen LogP contribution in [0.4, 0.5) is 26.5 Å². The molecule has 0 aliphatic carbocycles. The number of aromatic nitrogens is 4. The smallest absolute Gasteiger partial charge is 0.264 e. The number of alkyl halides is 2. The molecule has 2 atom stereocenters. The van der Waals surface area contributed by atoms with Gasteiger partial charge in [-0.1, -0.05) is 0 Å². The van der Waals surface area contributed by atoms with Crippen LogP contribution in [0.2, 0.25) is 0 Å². The van der Waals surface area contributed by atoms with Gasteiger partial charge < -0.3 is 25.0 Å². The van der Waals surface area contributed by atoms with E-state index in [4.69, 9.17) is 20.2 Å². The first kappa shape index (κ1) is 20.3. The maximum absolute atomic E-state index is 13.8. The molecule has 2 N–H and O–H groups in total. The average Bonchev–Trinajstić information content (AvgIpc) is 2.78. The molecular weight excluding hydrogens is 408 g/mol. The molecule has 166 valence electrons. The molecule has 2 unspecified atom stereocenters. The Hall–Kier alpha value is -2.66. The van der Waals surface area contributed by atoms with Gasteiger partial charge in [-0.25, -0.2) is 13.8 Å². The molecule has 31 heavy (non-hydrogen) atoms. The lowest BCUT2D eigenvalue weighted by atomic mass is 9.95. The minimum Gasteiger partial charge on any atom is -0.384 e. The summed E-state index contributed by atoms with van der Waals surface area (Å²) >= 11 is 0. The van der Waals surface area contributed by atoms with Crippen molar-refractivity contribution in [1.29, 1.82) is 0 Å². The molecular formula is C20H25F2N7O2. The number of ether oxygens (including phenoxy) is 2. The Morgan fingerprint density at radius 2 is 1.71 bits per heavy atom. The summed E-state index contributed by atoms with van der Waals surface area (Å²) in [6.07, 6.45) is 1.68. The average molecular weight is 433 g/mol. The van der Waals surface area contributed by atoms with Gasteiger partial charge in [0, 0.05) is 30.4 Å². The molecule has 3 fully saturated rings. The number of morpholine rings is 2. The summed E-state index contributed by atoms with van der Waals surface area (Å²) < 4.78 is 38.8. The predicted octanol–water partition coefficient (Wildman–Crippen LogP) is 2.05. The molecule has 5 heterocycles. The molecule has 0 aromatic carbocycles. The molecule has 11 heteroatoms. The van der Waals surface area contributed by atoms with Crippen LogP contribution in [-0.4, -0.2) is 71.5 Å². The van der Waals surface area contributed by atoms with Gasteiger partial charge in [-0.05, 0) is 25.3 Å². The van der Waals surface area contributed by atoms with E-state index in [1.807, 2.05) is 4.90 Å². The van der Waals surface area contributed by atoms with Crippen molar-refractivity contribution in [2.45, 2.75) is 37.8 Å².